The summed E-state index contributed by atoms with van der Waals surface area (Å²) in [6.07, 6.45) is -5.82. The molecular weight excluding hydrogens is 237 g/mol. The molecule has 0 aromatic carbocycles. The van der Waals surface area contributed by atoms with E-state index < -0.39 is 35.4 Å². The molecule has 1 fully saturated rings. The summed E-state index contributed by atoms with van der Waals surface area (Å²) in [7, 11) is 0. The van der Waals surface area contributed by atoms with Crippen molar-refractivity contribution in [3.8, 4) is 0 Å². The van der Waals surface area contributed by atoms with Gasteiger partial charge in [0.05, 0.1) is 0 Å². The number of carbonyl (C=O) groups excluding carboxylic acids is 2. The normalized spacial score (nSPS) is 18.7. The Bertz CT molecular complexity index is 335. The lowest BCUT2D eigenvalue weighted by molar-refractivity contribution is -0.192. The van der Waals surface area contributed by atoms with Crippen molar-refractivity contribution in [3.05, 3.63) is 0 Å². The summed E-state index contributed by atoms with van der Waals surface area (Å²) in [5.74, 6) is -1.99. The van der Waals surface area contributed by atoms with E-state index in [4.69, 9.17) is 4.74 Å². The molecule has 0 amide bonds. The Morgan fingerprint density at radius 2 is 1.65 bits per heavy atom. The van der Waals surface area contributed by atoms with Gasteiger partial charge in [-0.05, 0) is 33.6 Å². The van der Waals surface area contributed by atoms with Gasteiger partial charge in [0.2, 0.25) is 0 Å². The van der Waals surface area contributed by atoms with E-state index in [1.54, 1.807) is 20.8 Å². The lowest BCUT2D eigenvalue weighted by Gasteiger charge is -2.21. The highest BCUT2D eigenvalue weighted by atomic mass is 19.4. The Kier molecular flexibility index (Phi) is 3.29. The lowest BCUT2D eigenvalue weighted by atomic mass is 9.98. The molecule has 98 valence electrons. The van der Waals surface area contributed by atoms with Gasteiger partial charge in [0.15, 0.2) is 5.78 Å². The molecule has 0 radical (unpaired) electrons. The molecule has 0 saturated heterocycles. The van der Waals surface area contributed by atoms with Gasteiger partial charge < -0.3 is 4.74 Å². The average molecular weight is 252 g/mol. The van der Waals surface area contributed by atoms with Gasteiger partial charge in [-0.25, -0.2) is 0 Å². The largest absolute Gasteiger partial charge is 0.460 e. The number of ketones is 1. The van der Waals surface area contributed by atoms with E-state index in [2.05, 4.69) is 0 Å². The Morgan fingerprint density at radius 3 is 1.94 bits per heavy atom. The highest BCUT2D eigenvalue weighted by Gasteiger charge is 2.67. The molecule has 0 N–H and O–H groups in total. The summed E-state index contributed by atoms with van der Waals surface area (Å²) in [5, 5.41) is 0. The molecule has 0 aromatic rings. The van der Waals surface area contributed by atoms with Gasteiger partial charge >= 0.3 is 12.1 Å². The average Bonchev–Trinajstić information content (AvgIpc) is 2.75. The zero-order valence-corrected chi connectivity index (χ0v) is 9.98. The van der Waals surface area contributed by atoms with Crippen LogP contribution in [0.3, 0.4) is 0 Å². The summed E-state index contributed by atoms with van der Waals surface area (Å²) in [5.41, 5.74) is -3.09. The summed E-state index contributed by atoms with van der Waals surface area (Å²) in [6, 6.07) is 0. The van der Waals surface area contributed by atoms with Crippen molar-refractivity contribution in [3.63, 3.8) is 0 Å². The van der Waals surface area contributed by atoms with Crippen LogP contribution in [0.15, 0.2) is 0 Å². The highest BCUT2D eigenvalue weighted by molar-refractivity contribution is 6.00. The predicted octanol–water partition coefficient (Wildman–Crippen LogP) is 2.63. The summed E-state index contributed by atoms with van der Waals surface area (Å²) in [4.78, 5) is 22.7. The first-order valence-corrected chi connectivity index (χ1v) is 5.30. The fourth-order valence-corrected chi connectivity index (χ4v) is 1.52. The molecule has 1 aliphatic rings. The maximum atomic E-state index is 12.6. The number of ether oxygens (including phenoxy) is 1. The lowest BCUT2D eigenvalue weighted by Crippen LogP contribution is -2.35. The summed E-state index contributed by atoms with van der Waals surface area (Å²) in [6.45, 7) is 4.77. The zero-order valence-electron chi connectivity index (χ0n) is 9.98. The van der Waals surface area contributed by atoms with E-state index in [0.717, 1.165) is 0 Å². The van der Waals surface area contributed by atoms with Gasteiger partial charge in [-0.3, -0.25) is 9.59 Å². The fraction of sp³-hybridized carbons (Fsp3) is 0.818. The van der Waals surface area contributed by atoms with Gasteiger partial charge in [-0.2, -0.15) is 13.2 Å². The predicted molar refractivity (Wildman–Crippen MR) is 53.2 cm³/mol. The van der Waals surface area contributed by atoms with Crippen LogP contribution in [0, 0.1) is 5.41 Å². The molecule has 0 unspecified atom stereocenters. The Labute approximate surface area is 97.3 Å². The van der Waals surface area contributed by atoms with Crippen molar-refractivity contribution in [2.75, 3.05) is 0 Å². The third kappa shape index (κ3) is 3.20. The van der Waals surface area contributed by atoms with Crippen LogP contribution in [0.25, 0.3) is 0 Å². The molecule has 1 rings (SSSR count). The minimum absolute atomic E-state index is 0.224. The van der Waals surface area contributed by atoms with Gasteiger partial charge in [0, 0.05) is 0 Å². The van der Waals surface area contributed by atoms with Crippen LogP contribution >= 0.6 is 0 Å². The SMILES string of the molecule is CC(C)(C)OC(=O)CC(=O)C1(C(F)(F)F)CC1. The highest BCUT2D eigenvalue weighted by Crippen LogP contribution is 2.58. The molecule has 1 aliphatic carbocycles. The molecule has 6 heteroatoms. The van der Waals surface area contributed by atoms with Crippen molar-refractivity contribution >= 4 is 11.8 Å². The number of Topliss-reactive ketones (excluding diaryl/α,β-unsaturated/α-hetero) is 1. The maximum Gasteiger partial charge on any atom is 0.401 e. The van der Waals surface area contributed by atoms with Crippen molar-refractivity contribution in [1.82, 2.24) is 0 Å². The zero-order chi connectivity index (χ0) is 13.5. The number of rotatable bonds is 3. The standard InChI is InChI=1S/C11H15F3O3/c1-9(2,3)17-8(16)6-7(15)10(4-5-10)11(12,13)14/h4-6H2,1-3H3. The van der Waals surface area contributed by atoms with Gasteiger partial charge in [-0.1, -0.05) is 0 Å². The van der Waals surface area contributed by atoms with Crippen LogP contribution in [0.5, 0.6) is 0 Å². The number of carbonyl (C=O) groups is 2. The Balaban J connectivity index is 2.60. The second kappa shape index (κ2) is 3.99. The fourth-order valence-electron chi connectivity index (χ4n) is 1.52. The number of esters is 1. The van der Waals surface area contributed by atoms with Crippen LogP contribution in [0.1, 0.15) is 40.0 Å². The molecule has 17 heavy (non-hydrogen) atoms. The van der Waals surface area contributed by atoms with Gasteiger partial charge in [-0.15, -0.1) is 0 Å². The summed E-state index contributed by atoms with van der Waals surface area (Å²) < 4.78 is 42.5. The van der Waals surface area contributed by atoms with Crippen LogP contribution in [0.4, 0.5) is 13.2 Å². The van der Waals surface area contributed by atoms with Crippen LogP contribution in [-0.2, 0) is 14.3 Å². The van der Waals surface area contributed by atoms with E-state index in [1.165, 1.54) is 0 Å². The molecule has 3 nitrogen and oxygen atoms in total. The Morgan fingerprint density at radius 1 is 1.18 bits per heavy atom. The van der Waals surface area contributed by atoms with Crippen LogP contribution in [-0.4, -0.2) is 23.5 Å². The molecule has 0 bridgehead atoms. The van der Waals surface area contributed by atoms with Crippen LogP contribution in [0.2, 0.25) is 0 Å². The van der Waals surface area contributed by atoms with E-state index >= 15 is 0 Å². The maximum absolute atomic E-state index is 12.6. The summed E-state index contributed by atoms with van der Waals surface area (Å²) >= 11 is 0. The second-order valence-electron chi connectivity index (χ2n) is 5.27. The smallest absolute Gasteiger partial charge is 0.401 e. The number of hydrogen-bond acceptors (Lipinski definition) is 3. The third-order valence-corrected chi connectivity index (χ3v) is 2.55. The van der Waals surface area contributed by atoms with Crippen molar-refractivity contribution < 1.29 is 27.5 Å². The molecule has 0 heterocycles. The van der Waals surface area contributed by atoms with Gasteiger partial charge in [0.25, 0.3) is 0 Å². The first-order valence-electron chi connectivity index (χ1n) is 5.30. The molecule has 0 aromatic heterocycles. The van der Waals surface area contributed by atoms with Crippen molar-refractivity contribution in [1.29, 1.82) is 0 Å². The Hall–Kier alpha value is -1.07. The van der Waals surface area contributed by atoms with E-state index in [1.807, 2.05) is 0 Å². The number of hydrogen-bond donors (Lipinski definition) is 0. The first-order chi connectivity index (χ1) is 7.48. The number of alkyl halides is 3. The molecule has 0 aliphatic heterocycles. The second-order valence-corrected chi connectivity index (χ2v) is 5.27. The molecule has 0 spiro atoms. The van der Waals surface area contributed by atoms with E-state index in [9.17, 15) is 22.8 Å². The minimum Gasteiger partial charge on any atom is -0.460 e. The quantitative estimate of drug-likeness (QED) is 0.573. The van der Waals surface area contributed by atoms with Gasteiger partial charge in [0.1, 0.15) is 17.4 Å². The monoisotopic (exact) mass is 252 g/mol. The topological polar surface area (TPSA) is 43.4 Å². The van der Waals surface area contributed by atoms with E-state index in [0.29, 0.717) is 0 Å². The molecule has 0 atom stereocenters. The third-order valence-electron chi connectivity index (χ3n) is 2.55. The van der Waals surface area contributed by atoms with Crippen LogP contribution < -0.4 is 0 Å². The molecular formula is C11H15F3O3. The van der Waals surface area contributed by atoms with Crippen molar-refractivity contribution in [2.24, 2.45) is 5.41 Å². The van der Waals surface area contributed by atoms with E-state index in [-0.39, 0.29) is 12.8 Å². The molecule has 1 saturated carbocycles. The minimum atomic E-state index is -4.56. The first kappa shape index (κ1) is 14.0. The van der Waals surface area contributed by atoms with Crippen molar-refractivity contribution in [2.45, 2.75) is 51.8 Å². The number of halogens is 3.